The van der Waals surface area contributed by atoms with Crippen molar-refractivity contribution in [2.45, 2.75) is 20.3 Å². The van der Waals surface area contributed by atoms with Gasteiger partial charge in [0.2, 0.25) is 0 Å². The maximum Gasteiger partial charge on any atom is 0.180 e. The highest BCUT2D eigenvalue weighted by Gasteiger charge is 2.18. The normalized spacial score (nSPS) is 16.8. The highest BCUT2D eigenvalue weighted by Crippen LogP contribution is 2.23. The predicted molar refractivity (Wildman–Crippen MR) is 80.7 cm³/mol. The number of ketones is 1. The summed E-state index contributed by atoms with van der Waals surface area (Å²) < 4.78 is 5.36. The Morgan fingerprint density at radius 2 is 2.00 bits per heavy atom. The van der Waals surface area contributed by atoms with E-state index in [0.29, 0.717) is 17.9 Å². The highest BCUT2D eigenvalue weighted by atomic mass is 16.5. The van der Waals surface area contributed by atoms with Gasteiger partial charge in [-0.25, -0.2) is 0 Å². The number of ether oxygens (including phenoxy) is 1. The van der Waals surface area contributed by atoms with Crippen LogP contribution < -0.4 is 10.1 Å². The van der Waals surface area contributed by atoms with Gasteiger partial charge in [0, 0.05) is 13.1 Å². The van der Waals surface area contributed by atoms with Gasteiger partial charge in [0.05, 0.1) is 19.2 Å². The Labute approximate surface area is 121 Å². The van der Waals surface area contributed by atoms with Crippen LogP contribution in [0.25, 0.3) is 0 Å². The van der Waals surface area contributed by atoms with Crippen molar-refractivity contribution in [2.24, 2.45) is 0 Å². The number of hydrogen-bond donors (Lipinski definition) is 1. The Bertz CT molecular complexity index is 478. The zero-order valence-electron chi connectivity index (χ0n) is 12.7. The number of benzene rings is 1. The molecule has 1 heterocycles. The summed E-state index contributed by atoms with van der Waals surface area (Å²) in [4.78, 5) is 14.7. The minimum absolute atomic E-state index is 0.145. The zero-order valence-corrected chi connectivity index (χ0v) is 12.7. The summed E-state index contributed by atoms with van der Waals surface area (Å²) in [6.45, 7) is 8.44. The predicted octanol–water partition coefficient (Wildman–Crippen LogP) is 1.79. The van der Waals surface area contributed by atoms with Crippen molar-refractivity contribution in [3.63, 3.8) is 0 Å². The van der Waals surface area contributed by atoms with E-state index < -0.39 is 0 Å². The first-order valence-corrected chi connectivity index (χ1v) is 7.23. The van der Waals surface area contributed by atoms with Gasteiger partial charge in [-0.15, -0.1) is 0 Å². The number of rotatable bonds is 4. The van der Waals surface area contributed by atoms with Gasteiger partial charge in [-0.1, -0.05) is 0 Å². The van der Waals surface area contributed by atoms with Crippen molar-refractivity contribution < 1.29 is 9.53 Å². The summed E-state index contributed by atoms with van der Waals surface area (Å²) in [5.41, 5.74) is 2.98. The molecule has 1 saturated heterocycles. The molecule has 1 aromatic rings. The lowest BCUT2D eigenvalue weighted by molar-refractivity contribution is 0.0932. The monoisotopic (exact) mass is 276 g/mol. The van der Waals surface area contributed by atoms with E-state index in [4.69, 9.17) is 4.74 Å². The van der Waals surface area contributed by atoms with Crippen molar-refractivity contribution in [2.75, 3.05) is 39.8 Å². The number of hydrogen-bond acceptors (Lipinski definition) is 4. The van der Waals surface area contributed by atoms with Crippen LogP contribution >= 0.6 is 0 Å². The minimum Gasteiger partial charge on any atom is -0.496 e. The number of aryl methyl sites for hydroxylation is 2. The molecule has 2 rings (SSSR count). The van der Waals surface area contributed by atoms with E-state index >= 15 is 0 Å². The third kappa shape index (κ3) is 3.58. The van der Waals surface area contributed by atoms with Crippen molar-refractivity contribution >= 4 is 5.78 Å². The van der Waals surface area contributed by atoms with Gasteiger partial charge in [0.1, 0.15) is 5.75 Å². The van der Waals surface area contributed by atoms with Crippen LogP contribution in [-0.2, 0) is 0 Å². The molecule has 0 amide bonds. The SMILES string of the molecule is COc1cc(C)c(C)cc1C(=O)CN1CCCNCC1. The zero-order chi connectivity index (χ0) is 14.5. The molecule has 1 aliphatic heterocycles. The van der Waals surface area contributed by atoms with Gasteiger partial charge in [-0.05, 0) is 56.6 Å². The lowest BCUT2D eigenvalue weighted by atomic mass is 10.0. The molecule has 4 nitrogen and oxygen atoms in total. The van der Waals surface area contributed by atoms with E-state index in [9.17, 15) is 4.79 Å². The Balaban J connectivity index is 2.13. The van der Waals surface area contributed by atoms with Crippen LogP contribution in [-0.4, -0.2) is 50.5 Å². The molecule has 0 spiro atoms. The molecule has 1 fully saturated rings. The molecule has 110 valence electrons. The largest absolute Gasteiger partial charge is 0.496 e. The van der Waals surface area contributed by atoms with Crippen LogP contribution in [0.15, 0.2) is 12.1 Å². The fourth-order valence-electron chi connectivity index (χ4n) is 2.52. The molecule has 0 radical (unpaired) electrons. The average Bonchev–Trinajstić information content (AvgIpc) is 2.69. The Hall–Kier alpha value is -1.39. The number of Topliss-reactive ketones (excluding diaryl/α,β-unsaturated/α-hetero) is 1. The second-order valence-corrected chi connectivity index (χ2v) is 5.44. The summed E-state index contributed by atoms with van der Waals surface area (Å²) in [6.07, 6.45) is 1.09. The molecule has 0 aliphatic carbocycles. The van der Waals surface area contributed by atoms with E-state index in [1.807, 2.05) is 26.0 Å². The van der Waals surface area contributed by atoms with Crippen LogP contribution in [0.5, 0.6) is 5.75 Å². The molecule has 1 aromatic carbocycles. The Morgan fingerprint density at radius 1 is 1.25 bits per heavy atom. The van der Waals surface area contributed by atoms with Crippen LogP contribution in [0.1, 0.15) is 27.9 Å². The first-order chi connectivity index (χ1) is 9.61. The molecular formula is C16H24N2O2. The molecule has 1 N–H and O–H groups in total. The molecule has 4 heteroatoms. The van der Waals surface area contributed by atoms with Crippen LogP contribution in [0.2, 0.25) is 0 Å². The van der Waals surface area contributed by atoms with E-state index in [1.54, 1.807) is 7.11 Å². The molecule has 0 bridgehead atoms. The van der Waals surface area contributed by atoms with Gasteiger partial charge in [-0.2, -0.15) is 0 Å². The van der Waals surface area contributed by atoms with E-state index in [1.165, 1.54) is 0 Å². The van der Waals surface area contributed by atoms with Gasteiger partial charge < -0.3 is 10.1 Å². The van der Waals surface area contributed by atoms with Crippen molar-refractivity contribution in [3.05, 3.63) is 28.8 Å². The molecule has 0 aromatic heterocycles. The number of carbonyl (C=O) groups is 1. The lowest BCUT2D eigenvalue weighted by Crippen LogP contribution is -2.33. The molecule has 1 aliphatic rings. The fourth-order valence-corrected chi connectivity index (χ4v) is 2.52. The molecular weight excluding hydrogens is 252 g/mol. The number of nitrogens with one attached hydrogen (secondary N) is 1. The summed E-state index contributed by atoms with van der Waals surface area (Å²) in [6, 6.07) is 3.90. The Morgan fingerprint density at radius 3 is 2.75 bits per heavy atom. The van der Waals surface area contributed by atoms with Crippen molar-refractivity contribution in [3.8, 4) is 5.75 Å². The molecule has 0 unspecified atom stereocenters. The first-order valence-electron chi connectivity index (χ1n) is 7.23. The highest BCUT2D eigenvalue weighted by molar-refractivity contribution is 6.00. The quantitative estimate of drug-likeness (QED) is 0.851. The smallest absolute Gasteiger partial charge is 0.180 e. The third-order valence-electron chi connectivity index (χ3n) is 3.92. The number of carbonyl (C=O) groups excluding carboxylic acids is 1. The fraction of sp³-hybridized carbons (Fsp3) is 0.562. The second-order valence-electron chi connectivity index (χ2n) is 5.44. The number of methoxy groups -OCH3 is 1. The van der Waals surface area contributed by atoms with E-state index in [-0.39, 0.29) is 5.78 Å². The summed E-state index contributed by atoms with van der Waals surface area (Å²) in [5.74, 6) is 0.831. The molecule has 0 atom stereocenters. The summed E-state index contributed by atoms with van der Waals surface area (Å²) in [7, 11) is 1.62. The van der Waals surface area contributed by atoms with E-state index in [2.05, 4.69) is 10.2 Å². The minimum atomic E-state index is 0.145. The summed E-state index contributed by atoms with van der Waals surface area (Å²) in [5, 5.41) is 3.35. The second kappa shape index (κ2) is 6.86. The van der Waals surface area contributed by atoms with Crippen molar-refractivity contribution in [1.82, 2.24) is 10.2 Å². The van der Waals surface area contributed by atoms with Gasteiger partial charge in [0.25, 0.3) is 0 Å². The van der Waals surface area contributed by atoms with Gasteiger partial charge >= 0.3 is 0 Å². The molecule has 20 heavy (non-hydrogen) atoms. The Kier molecular flexibility index (Phi) is 5.15. The molecule has 0 saturated carbocycles. The standard InChI is InChI=1S/C16H24N2O2/c1-12-9-14(16(20-3)10-13(12)2)15(19)11-18-7-4-5-17-6-8-18/h9-10,17H,4-8,11H2,1-3H3. The van der Waals surface area contributed by atoms with Crippen LogP contribution in [0, 0.1) is 13.8 Å². The van der Waals surface area contributed by atoms with Crippen molar-refractivity contribution in [1.29, 1.82) is 0 Å². The lowest BCUT2D eigenvalue weighted by Gasteiger charge is -2.19. The number of nitrogens with zero attached hydrogens (tertiary/aromatic N) is 1. The van der Waals surface area contributed by atoms with Crippen LogP contribution in [0.3, 0.4) is 0 Å². The van der Waals surface area contributed by atoms with E-state index in [0.717, 1.165) is 43.7 Å². The topological polar surface area (TPSA) is 41.6 Å². The maximum atomic E-state index is 12.5. The first kappa shape index (κ1) is 15.0. The van der Waals surface area contributed by atoms with Crippen LogP contribution in [0.4, 0.5) is 0 Å². The third-order valence-corrected chi connectivity index (χ3v) is 3.92. The summed E-state index contributed by atoms with van der Waals surface area (Å²) >= 11 is 0. The van der Waals surface area contributed by atoms with Gasteiger partial charge in [0.15, 0.2) is 5.78 Å². The average molecular weight is 276 g/mol. The maximum absolute atomic E-state index is 12.5. The van der Waals surface area contributed by atoms with Gasteiger partial charge in [-0.3, -0.25) is 9.69 Å².